The minimum absolute atomic E-state index is 1.03. The van der Waals surface area contributed by atoms with E-state index in [2.05, 4.69) is 66.2 Å². The maximum atomic E-state index is 4.83. The third-order valence-electron chi connectivity index (χ3n) is 5.25. The number of aromatic nitrogens is 2. The summed E-state index contributed by atoms with van der Waals surface area (Å²) in [5.74, 6) is 1.21. The smallest absolute Gasteiger partial charge is 0.165 e. The fourth-order valence-electron chi connectivity index (χ4n) is 3.77. The molecule has 0 unspecified atom stereocenters. The number of fused-ring (bicyclic) bond motifs is 1. The van der Waals surface area contributed by atoms with Gasteiger partial charge in [0.2, 0.25) is 0 Å². The van der Waals surface area contributed by atoms with Gasteiger partial charge in [0, 0.05) is 12.6 Å². The topological polar surface area (TPSA) is 26.7 Å². The number of hydrogen-bond donors (Lipinski definition) is 2. The van der Waals surface area contributed by atoms with Gasteiger partial charge >= 0.3 is 0 Å². The molecule has 4 rings (SSSR count). The predicted molar refractivity (Wildman–Crippen MR) is 96.0 cm³/mol. The highest BCUT2D eigenvalue weighted by atomic mass is 15.3. The molecule has 0 spiro atoms. The van der Waals surface area contributed by atoms with Crippen molar-refractivity contribution in [1.82, 2.24) is 9.55 Å². The van der Waals surface area contributed by atoms with Crippen molar-refractivity contribution in [3.8, 4) is 0 Å². The van der Waals surface area contributed by atoms with Gasteiger partial charge in [-0.3, -0.25) is 0 Å². The molecule has 1 aliphatic rings. The zero-order valence-electron chi connectivity index (χ0n) is 14.3. The second-order valence-corrected chi connectivity index (χ2v) is 6.91. The molecule has 1 saturated heterocycles. The summed E-state index contributed by atoms with van der Waals surface area (Å²) in [6, 6.07) is 19.3. The lowest BCUT2D eigenvalue weighted by Gasteiger charge is -2.29. The van der Waals surface area contributed by atoms with E-state index in [-0.39, 0.29) is 0 Å². The summed E-state index contributed by atoms with van der Waals surface area (Å²) in [6.07, 6.45) is 0. The molecule has 1 aromatic heterocycles. The second kappa shape index (κ2) is 6.75. The number of hydrogen-bond acceptors (Lipinski definition) is 1. The van der Waals surface area contributed by atoms with E-state index in [0.29, 0.717) is 0 Å². The molecule has 0 atom stereocenters. The van der Waals surface area contributed by atoms with E-state index in [0.717, 1.165) is 18.6 Å². The number of aryl methyl sites for hydroxylation is 1. The van der Waals surface area contributed by atoms with Crippen molar-refractivity contribution in [2.75, 3.05) is 26.2 Å². The summed E-state index contributed by atoms with van der Waals surface area (Å²) < 4.78 is 2.26. The van der Waals surface area contributed by atoms with Gasteiger partial charge in [0.15, 0.2) is 5.82 Å². The van der Waals surface area contributed by atoms with E-state index in [4.69, 9.17) is 4.98 Å². The number of rotatable bonds is 4. The van der Waals surface area contributed by atoms with Crippen molar-refractivity contribution < 1.29 is 9.80 Å². The van der Waals surface area contributed by atoms with E-state index in [9.17, 15) is 0 Å². The molecule has 0 amide bonds. The Kier molecular flexibility index (Phi) is 4.32. The number of piperazine rings is 1. The molecule has 0 aliphatic carbocycles. The highest BCUT2D eigenvalue weighted by Gasteiger charge is 2.24. The number of quaternary nitrogens is 2. The number of nitrogens with zero attached hydrogens (tertiary/aromatic N) is 2. The molecule has 2 heterocycles. The van der Waals surface area contributed by atoms with Crippen LogP contribution in [-0.4, -0.2) is 35.7 Å². The third-order valence-corrected chi connectivity index (χ3v) is 5.25. The molecule has 1 aliphatic heterocycles. The van der Waals surface area contributed by atoms with Gasteiger partial charge in [0.1, 0.15) is 39.3 Å². The summed E-state index contributed by atoms with van der Waals surface area (Å²) in [7, 11) is 2.14. The molecule has 0 bridgehead atoms. The third kappa shape index (κ3) is 3.21. The van der Waals surface area contributed by atoms with Gasteiger partial charge in [0.05, 0.1) is 11.0 Å². The summed E-state index contributed by atoms with van der Waals surface area (Å²) >= 11 is 0. The van der Waals surface area contributed by atoms with Crippen LogP contribution in [0, 0.1) is 0 Å². The first-order valence-corrected chi connectivity index (χ1v) is 8.91. The Morgan fingerprint density at radius 1 is 0.833 bits per heavy atom. The molecule has 0 saturated carbocycles. The maximum absolute atomic E-state index is 4.83. The Bertz CT molecular complexity index is 801. The number of para-hydroxylation sites is 2. The minimum Gasteiger partial charge on any atom is -0.326 e. The SMILES string of the molecule is Cn1c(C[NH+]2CC[NH+](Cc3ccccc3)CC2)nc2ccccc21. The Hall–Kier alpha value is -2.17. The Labute approximate surface area is 143 Å². The Morgan fingerprint density at radius 2 is 1.46 bits per heavy atom. The number of imidazole rings is 1. The molecule has 2 aromatic carbocycles. The predicted octanol–water partition coefficient (Wildman–Crippen LogP) is 0.0569. The van der Waals surface area contributed by atoms with E-state index in [1.807, 2.05) is 0 Å². The van der Waals surface area contributed by atoms with E-state index in [1.165, 1.54) is 43.1 Å². The number of nitrogens with one attached hydrogen (secondary N) is 2. The van der Waals surface area contributed by atoms with Crippen LogP contribution in [0.15, 0.2) is 54.6 Å². The van der Waals surface area contributed by atoms with Gasteiger partial charge in [-0.2, -0.15) is 0 Å². The van der Waals surface area contributed by atoms with Crippen LogP contribution in [0.3, 0.4) is 0 Å². The van der Waals surface area contributed by atoms with Crippen molar-refractivity contribution in [3.05, 3.63) is 66.0 Å². The average Bonchev–Trinajstić information content (AvgIpc) is 2.94. The average molecular weight is 322 g/mol. The first-order valence-electron chi connectivity index (χ1n) is 8.91. The normalized spacial score (nSPS) is 21.2. The molecular formula is C20H26N4+2. The zero-order chi connectivity index (χ0) is 16.4. The van der Waals surface area contributed by atoms with Crippen LogP contribution in [0.4, 0.5) is 0 Å². The van der Waals surface area contributed by atoms with Crippen LogP contribution in [0.1, 0.15) is 11.4 Å². The molecule has 124 valence electrons. The molecule has 4 heteroatoms. The first kappa shape index (κ1) is 15.4. The van der Waals surface area contributed by atoms with Gasteiger partial charge in [0.25, 0.3) is 0 Å². The fourth-order valence-corrected chi connectivity index (χ4v) is 3.77. The lowest BCUT2D eigenvalue weighted by atomic mass is 10.2. The van der Waals surface area contributed by atoms with Gasteiger partial charge in [-0.1, -0.05) is 42.5 Å². The molecule has 3 aromatic rings. The van der Waals surface area contributed by atoms with Crippen LogP contribution >= 0.6 is 0 Å². The van der Waals surface area contributed by atoms with E-state index >= 15 is 0 Å². The largest absolute Gasteiger partial charge is 0.326 e. The lowest BCUT2D eigenvalue weighted by molar-refractivity contribution is -1.02. The second-order valence-electron chi connectivity index (χ2n) is 6.91. The van der Waals surface area contributed by atoms with Crippen molar-refractivity contribution in [2.45, 2.75) is 13.1 Å². The molecule has 24 heavy (non-hydrogen) atoms. The lowest BCUT2D eigenvalue weighted by Crippen LogP contribution is -3.27. The van der Waals surface area contributed by atoms with Crippen molar-refractivity contribution in [3.63, 3.8) is 0 Å². The van der Waals surface area contributed by atoms with Crippen LogP contribution < -0.4 is 9.80 Å². The molecule has 2 N–H and O–H groups in total. The van der Waals surface area contributed by atoms with Crippen LogP contribution in [-0.2, 0) is 20.1 Å². The van der Waals surface area contributed by atoms with Crippen LogP contribution in [0.2, 0.25) is 0 Å². The molecule has 1 fully saturated rings. The van der Waals surface area contributed by atoms with Crippen LogP contribution in [0.5, 0.6) is 0 Å². The first-order chi connectivity index (χ1) is 11.8. The van der Waals surface area contributed by atoms with Gasteiger partial charge in [-0.25, -0.2) is 4.98 Å². The van der Waals surface area contributed by atoms with Gasteiger partial charge in [-0.05, 0) is 12.1 Å². The van der Waals surface area contributed by atoms with Crippen molar-refractivity contribution >= 4 is 11.0 Å². The van der Waals surface area contributed by atoms with Crippen molar-refractivity contribution in [1.29, 1.82) is 0 Å². The van der Waals surface area contributed by atoms with E-state index in [1.54, 1.807) is 9.80 Å². The summed E-state index contributed by atoms with van der Waals surface area (Å²) in [4.78, 5) is 8.19. The highest BCUT2D eigenvalue weighted by Crippen LogP contribution is 2.13. The monoisotopic (exact) mass is 322 g/mol. The summed E-state index contributed by atoms with van der Waals surface area (Å²) in [5, 5.41) is 0. The number of benzene rings is 2. The summed E-state index contributed by atoms with van der Waals surface area (Å²) in [6.45, 7) is 7.13. The quantitative estimate of drug-likeness (QED) is 0.698. The zero-order valence-corrected chi connectivity index (χ0v) is 14.3. The van der Waals surface area contributed by atoms with Crippen molar-refractivity contribution in [2.24, 2.45) is 7.05 Å². The van der Waals surface area contributed by atoms with E-state index < -0.39 is 0 Å². The Balaban J connectivity index is 1.36. The molecular weight excluding hydrogens is 296 g/mol. The van der Waals surface area contributed by atoms with Gasteiger partial charge < -0.3 is 14.4 Å². The Morgan fingerprint density at radius 3 is 2.17 bits per heavy atom. The molecule has 4 nitrogen and oxygen atoms in total. The molecule has 0 radical (unpaired) electrons. The fraction of sp³-hybridized carbons (Fsp3) is 0.350. The van der Waals surface area contributed by atoms with Gasteiger partial charge in [-0.15, -0.1) is 0 Å². The highest BCUT2D eigenvalue weighted by molar-refractivity contribution is 5.75. The standard InChI is InChI=1S/C20H24N4/c1-22-19-10-6-5-9-18(19)21-20(22)16-24-13-11-23(12-14-24)15-17-7-3-2-4-8-17/h2-10H,11-16H2,1H3/p+2. The maximum Gasteiger partial charge on any atom is 0.165 e. The minimum atomic E-state index is 1.03. The summed E-state index contributed by atoms with van der Waals surface area (Å²) in [5.41, 5.74) is 3.80. The van der Waals surface area contributed by atoms with Crippen LogP contribution in [0.25, 0.3) is 11.0 Å².